The molecule has 6 nitrogen and oxygen atoms in total. The smallest absolute Gasteiger partial charge is 0.337 e. The largest absolute Gasteiger partial charge is 0.401 e. The lowest BCUT2D eigenvalue weighted by Gasteiger charge is -2.23. The van der Waals surface area contributed by atoms with E-state index in [2.05, 4.69) is 10.1 Å². The first-order chi connectivity index (χ1) is 15.0. The number of hydrogen-bond donors (Lipinski definition) is 1. The number of benzene rings is 1. The van der Waals surface area contributed by atoms with Crippen LogP contribution in [0.5, 0.6) is 0 Å². The number of carbonyl (C=O) groups excluding carboxylic acids is 1. The van der Waals surface area contributed by atoms with Crippen LogP contribution in [-0.2, 0) is 16.6 Å². The number of aromatic nitrogens is 2. The van der Waals surface area contributed by atoms with Crippen LogP contribution in [0.1, 0.15) is 55.4 Å². The second kappa shape index (κ2) is 8.05. The van der Waals surface area contributed by atoms with Crippen LogP contribution in [0.2, 0.25) is 0 Å². The summed E-state index contributed by atoms with van der Waals surface area (Å²) in [6.45, 7) is 0.317. The Morgan fingerprint density at radius 1 is 1.22 bits per heavy atom. The second-order valence-electron chi connectivity index (χ2n) is 8.31. The summed E-state index contributed by atoms with van der Waals surface area (Å²) in [6, 6.07) is -0.459. The lowest BCUT2D eigenvalue weighted by molar-refractivity contribution is -0.162. The zero-order valence-electron chi connectivity index (χ0n) is 16.8. The molecule has 0 spiro atoms. The van der Waals surface area contributed by atoms with Gasteiger partial charge in [0.25, 0.3) is 0 Å². The van der Waals surface area contributed by atoms with Crippen molar-refractivity contribution in [1.29, 1.82) is 0 Å². The molecule has 2 N–H and O–H groups in total. The summed E-state index contributed by atoms with van der Waals surface area (Å²) in [5.41, 5.74) is 3.68. The topological polar surface area (TPSA) is 85.3 Å². The average molecular weight is 462 g/mol. The number of likely N-dealkylation sites (tertiary alicyclic amines) is 1. The molecular weight excluding hydrogens is 442 g/mol. The third-order valence-corrected chi connectivity index (χ3v) is 6.03. The van der Waals surface area contributed by atoms with Crippen molar-refractivity contribution in [2.45, 2.75) is 62.2 Å². The summed E-state index contributed by atoms with van der Waals surface area (Å²) in [4.78, 5) is 18.1. The summed E-state index contributed by atoms with van der Waals surface area (Å²) in [5, 5.41) is 3.52. The normalized spacial score (nSPS) is 21.1. The number of rotatable bonds is 6. The molecular formula is C20H20F6N4O2. The minimum atomic E-state index is -4.48. The highest BCUT2D eigenvalue weighted by Crippen LogP contribution is 2.58. The predicted molar refractivity (Wildman–Crippen MR) is 97.6 cm³/mol. The van der Waals surface area contributed by atoms with Crippen LogP contribution in [-0.4, -0.2) is 39.7 Å². The van der Waals surface area contributed by atoms with Crippen molar-refractivity contribution in [2.24, 2.45) is 5.73 Å². The van der Waals surface area contributed by atoms with E-state index in [4.69, 9.17) is 10.3 Å². The maximum atomic E-state index is 13.8. The van der Waals surface area contributed by atoms with Crippen molar-refractivity contribution in [3.05, 3.63) is 46.9 Å². The molecule has 2 aliphatic rings. The van der Waals surface area contributed by atoms with E-state index in [-0.39, 0.29) is 37.1 Å². The van der Waals surface area contributed by atoms with Crippen molar-refractivity contribution in [3.8, 4) is 0 Å². The molecule has 1 saturated heterocycles. The highest BCUT2D eigenvalue weighted by atomic mass is 19.4. The van der Waals surface area contributed by atoms with Crippen LogP contribution < -0.4 is 5.73 Å². The minimum Gasteiger partial charge on any atom is -0.337 e. The van der Waals surface area contributed by atoms with Gasteiger partial charge in [-0.25, -0.2) is 13.2 Å². The monoisotopic (exact) mass is 462 g/mol. The Morgan fingerprint density at radius 3 is 2.56 bits per heavy atom. The number of hydrogen-bond acceptors (Lipinski definition) is 5. The third-order valence-electron chi connectivity index (χ3n) is 6.03. The van der Waals surface area contributed by atoms with Gasteiger partial charge in [0.1, 0.15) is 17.3 Å². The van der Waals surface area contributed by atoms with Crippen molar-refractivity contribution in [2.75, 3.05) is 6.54 Å². The Balaban J connectivity index is 1.43. The van der Waals surface area contributed by atoms with Crippen LogP contribution in [0.25, 0.3) is 0 Å². The third kappa shape index (κ3) is 4.07. The molecule has 1 aromatic heterocycles. The second-order valence-corrected chi connectivity index (χ2v) is 8.31. The first kappa shape index (κ1) is 22.6. The molecule has 1 amide bonds. The van der Waals surface area contributed by atoms with E-state index in [1.54, 1.807) is 0 Å². The molecule has 4 rings (SSSR count). The first-order valence-electron chi connectivity index (χ1n) is 10.1. The number of nitrogens with two attached hydrogens (primary N) is 1. The van der Waals surface area contributed by atoms with E-state index >= 15 is 0 Å². The number of halogens is 6. The fourth-order valence-corrected chi connectivity index (χ4v) is 4.06. The summed E-state index contributed by atoms with van der Waals surface area (Å²) in [6.07, 6.45) is -4.14. The standard InChI is InChI=1S/C20H20F6N4O2/c21-12-9-14(23)13(22)7-10(12)6-11(27)8-16(31)30-5-1-2-15(30)17-28-18(29-32-17)19(3-4-19)20(24,25)26/h7,9,11,15H,1-6,8,27H2/t11-,15?/m1/s1. The zero-order chi connectivity index (χ0) is 23.3. The van der Waals surface area contributed by atoms with Gasteiger partial charge in [-0.3, -0.25) is 4.79 Å². The van der Waals surface area contributed by atoms with Crippen LogP contribution in [0.4, 0.5) is 26.3 Å². The maximum absolute atomic E-state index is 13.8. The lowest BCUT2D eigenvalue weighted by Crippen LogP contribution is -2.36. The molecule has 1 aromatic carbocycles. The maximum Gasteiger partial charge on any atom is 0.401 e. The van der Waals surface area contributed by atoms with Gasteiger partial charge in [-0.1, -0.05) is 5.16 Å². The molecule has 2 fully saturated rings. The molecule has 12 heteroatoms. The summed E-state index contributed by atoms with van der Waals surface area (Å²) in [7, 11) is 0. The quantitative estimate of drug-likeness (QED) is 0.523. The molecule has 2 heterocycles. The molecule has 1 aliphatic carbocycles. The Hall–Kier alpha value is -2.63. The zero-order valence-corrected chi connectivity index (χ0v) is 16.8. The number of carbonyl (C=O) groups is 1. The van der Waals surface area contributed by atoms with Crippen LogP contribution in [0, 0.1) is 17.5 Å². The molecule has 1 saturated carbocycles. The van der Waals surface area contributed by atoms with Crippen LogP contribution >= 0.6 is 0 Å². The molecule has 2 aromatic rings. The van der Waals surface area contributed by atoms with E-state index < -0.39 is 52.9 Å². The fraction of sp³-hybridized carbons (Fsp3) is 0.550. The number of amides is 1. The molecule has 1 unspecified atom stereocenters. The molecule has 32 heavy (non-hydrogen) atoms. The Bertz CT molecular complexity index is 1020. The van der Waals surface area contributed by atoms with Gasteiger partial charge < -0.3 is 15.2 Å². The van der Waals surface area contributed by atoms with Crippen molar-refractivity contribution in [1.82, 2.24) is 15.0 Å². The molecule has 2 atom stereocenters. The first-order valence-corrected chi connectivity index (χ1v) is 10.1. The SMILES string of the molecule is N[C@@H](CC(=O)N1CCCC1c1nc(C2(C(F)(F)F)CC2)no1)Cc1cc(F)c(F)cc1F. The Kier molecular flexibility index (Phi) is 5.68. The van der Waals surface area contributed by atoms with E-state index in [1.165, 1.54) is 4.90 Å². The predicted octanol–water partition coefficient (Wildman–Crippen LogP) is 3.70. The molecule has 174 valence electrons. The lowest BCUT2D eigenvalue weighted by atomic mass is 10.0. The summed E-state index contributed by atoms with van der Waals surface area (Å²) in [5.74, 6) is -4.44. The van der Waals surface area contributed by atoms with Gasteiger partial charge in [0, 0.05) is 25.1 Å². The fourth-order valence-electron chi connectivity index (χ4n) is 4.06. The van der Waals surface area contributed by atoms with Crippen molar-refractivity contribution >= 4 is 5.91 Å². The van der Waals surface area contributed by atoms with E-state index in [0.717, 1.165) is 0 Å². The van der Waals surface area contributed by atoms with Crippen molar-refractivity contribution in [3.63, 3.8) is 0 Å². The van der Waals surface area contributed by atoms with Gasteiger partial charge >= 0.3 is 6.18 Å². The number of alkyl halides is 3. The van der Waals surface area contributed by atoms with Crippen LogP contribution in [0.3, 0.4) is 0 Å². The van der Waals surface area contributed by atoms with Gasteiger partial charge in [-0.2, -0.15) is 18.2 Å². The number of nitrogens with zero attached hydrogens (tertiary/aromatic N) is 3. The van der Waals surface area contributed by atoms with Gasteiger partial charge in [0.2, 0.25) is 11.8 Å². The summed E-state index contributed by atoms with van der Waals surface area (Å²) >= 11 is 0. The van der Waals surface area contributed by atoms with E-state index in [0.29, 0.717) is 31.5 Å². The molecule has 0 radical (unpaired) electrons. The highest BCUT2D eigenvalue weighted by Gasteiger charge is 2.67. The molecule has 0 bridgehead atoms. The Labute approximate surface area is 178 Å². The average Bonchev–Trinajstić information content (AvgIpc) is 3.16. The highest BCUT2D eigenvalue weighted by molar-refractivity contribution is 5.77. The van der Waals surface area contributed by atoms with Gasteiger partial charge in [0.05, 0.1) is 0 Å². The van der Waals surface area contributed by atoms with E-state index in [1.807, 2.05) is 0 Å². The van der Waals surface area contributed by atoms with Gasteiger partial charge in [0.15, 0.2) is 17.5 Å². The molecule has 1 aliphatic heterocycles. The van der Waals surface area contributed by atoms with Gasteiger partial charge in [-0.15, -0.1) is 0 Å². The Morgan fingerprint density at radius 2 is 1.91 bits per heavy atom. The summed E-state index contributed by atoms with van der Waals surface area (Å²) < 4.78 is 85.3. The van der Waals surface area contributed by atoms with Gasteiger partial charge in [-0.05, 0) is 43.7 Å². The van der Waals surface area contributed by atoms with Crippen molar-refractivity contribution < 1.29 is 35.7 Å². The minimum absolute atomic E-state index is 0.0680. The van der Waals surface area contributed by atoms with E-state index in [9.17, 15) is 31.1 Å². The van der Waals surface area contributed by atoms with Crippen LogP contribution in [0.15, 0.2) is 16.7 Å².